The number of halogens is 1. The molecular formula is C11H15FO. The van der Waals surface area contributed by atoms with Gasteiger partial charge in [0.05, 0.1) is 6.10 Å². The van der Waals surface area contributed by atoms with Gasteiger partial charge < -0.3 is 5.11 Å². The van der Waals surface area contributed by atoms with Crippen LogP contribution in [-0.2, 0) is 6.42 Å². The molecule has 1 N–H and O–H groups in total. The second kappa shape index (κ2) is 4.97. The largest absolute Gasteiger partial charge is 0.393 e. The van der Waals surface area contributed by atoms with Crippen molar-refractivity contribution < 1.29 is 9.50 Å². The third-order valence-electron chi connectivity index (χ3n) is 2.03. The molecule has 0 aliphatic carbocycles. The number of hydrogen-bond donors (Lipinski definition) is 1. The predicted octanol–water partition coefficient (Wildman–Crippen LogP) is 2.53. The average Bonchev–Trinajstić information content (AvgIpc) is 2.08. The van der Waals surface area contributed by atoms with Crippen molar-refractivity contribution in [2.24, 2.45) is 0 Å². The van der Waals surface area contributed by atoms with Crippen LogP contribution in [0.4, 0.5) is 4.39 Å². The molecule has 0 fully saturated rings. The Morgan fingerprint density at radius 1 is 1.38 bits per heavy atom. The molecule has 0 saturated carbocycles. The van der Waals surface area contributed by atoms with Crippen molar-refractivity contribution >= 4 is 0 Å². The van der Waals surface area contributed by atoms with Gasteiger partial charge in [0.25, 0.3) is 0 Å². The van der Waals surface area contributed by atoms with Crippen LogP contribution in [-0.4, -0.2) is 11.2 Å². The van der Waals surface area contributed by atoms with E-state index in [-0.39, 0.29) is 11.9 Å². The minimum atomic E-state index is -0.285. The van der Waals surface area contributed by atoms with Crippen LogP contribution in [0.1, 0.15) is 25.3 Å². The van der Waals surface area contributed by atoms with Gasteiger partial charge in [-0.2, -0.15) is 0 Å². The second-order valence-corrected chi connectivity index (χ2v) is 3.33. The molecule has 13 heavy (non-hydrogen) atoms. The molecule has 0 aromatic heterocycles. The highest BCUT2D eigenvalue weighted by Crippen LogP contribution is 2.10. The Bertz CT molecular complexity index is 258. The number of benzene rings is 1. The Labute approximate surface area is 78.2 Å². The van der Waals surface area contributed by atoms with Crippen LogP contribution in [0.15, 0.2) is 24.3 Å². The second-order valence-electron chi connectivity index (χ2n) is 3.33. The fourth-order valence-corrected chi connectivity index (χ4v) is 1.29. The van der Waals surface area contributed by atoms with E-state index in [4.69, 9.17) is 5.11 Å². The summed E-state index contributed by atoms with van der Waals surface area (Å²) in [5.41, 5.74) is 0.739. The van der Waals surface area contributed by atoms with Gasteiger partial charge in [-0.1, -0.05) is 18.2 Å². The topological polar surface area (TPSA) is 20.2 Å². The molecule has 72 valence electrons. The Balaban J connectivity index is 2.41. The zero-order valence-corrected chi connectivity index (χ0v) is 7.83. The molecule has 1 atom stereocenters. The van der Waals surface area contributed by atoms with Crippen LogP contribution < -0.4 is 0 Å². The summed E-state index contributed by atoms with van der Waals surface area (Å²) in [6, 6.07) is 6.78. The van der Waals surface area contributed by atoms with E-state index in [0.717, 1.165) is 18.4 Å². The molecule has 0 amide bonds. The zero-order chi connectivity index (χ0) is 9.68. The standard InChI is InChI=1S/C11H15FO/c1-9(13)5-4-7-10-6-2-3-8-11(10)12/h2-3,6,8-9,13H,4-5,7H2,1H3/t9-/m1/s1. The van der Waals surface area contributed by atoms with E-state index in [1.807, 2.05) is 6.07 Å². The lowest BCUT2D eigenvalue weighted by molar-refractivity contribution is 0.181. The first-order chi connectivity index (χ1) is 6.20. The van der Waals surface area contributed by atoms with E-state index in [0.29, 0.717) is 6.42 Å². The van der Waals surface area contributed by atoms with E-state index >= 15 is 0 Å². The maximum absolute atomic E-state index is 13.1. The van der Waals surface area contributed by atoms with E-state index in [2.05, 4.69) is 0 Å². The van der Waals surface area contributed by atoms with Crippen LogP contribution >= 0.6 is 0 Å². The van der Waals surface area contributed by atoms with Crippen molar-refractivity contribution in [3.8, 4) is 0 Å². The quantitative estimate of drug-likeness (QED) is 0.758. The van der Waals surface area contributed by atoms with Gasteiger partial charge in [0.2, 0.25) is 0 Å². The molecule has 0 heterocycles. The fourth-order valence-electron chi connectivity index (χ4n) is 1.29. The van der Waals surface area contributed by atoms with E-state index < -0.39 is 0 Å². The molecule has 0 aliphatic rings. The summed E-state index contributed by atoms with van der Waals surface area (Å²) in [4.78, 5) is 0. The normalized spacial score (nSPS) is 12.8. The molecule has 1 rings (SSSR count). The third-order valence-corrected chi connectivity index (χ3v) is 2.03. The minimum Gasteiger partial charge on any atom is -0.393 e. The van der Waals surface area contributed by atoms with E-state index in [1.54, 1.807) is 19.1 Å². The van der Waals surface area contributed by atoms with Crippen LogP contribution in [0, 0.1) is 5.82 Å². The van der Waals surface area contributed by atoms with Crippen molar-refractivity contribution in [1.82, 2.24) is 0 Å². The summed E-state index contributed by atoms with van der Waals surface area (Å²) in [6.07, 6.45) is 1.98. The predicted molar refractivity (Wildman–Crippen MR) is 51.0 cm³/mol. The van der Waals surface area contributed by atoms with Gasteiger partial charge >= 0.3 is 0 Å². The number of aryl methyl sites for hydroxylation is 1. The molecule has 1 nitrogen and oxygen atoms in total. The van der Waals surface area contributed by atoms with E-state index in [9.17, 15) is 4.39 Å². The van der Waals surface area contributed by atoms with Gasteiger partial charge in [-0.3, -0.25) is 0 Å². The van der Waals surface area contributed by atoms with Crippen molar-refractivity contribution in [2.45, 2.75) is 32.3 Å². The van der Waals surface area contributed by atoms with Gasteiger partial charge in [0, 0.05) is 0 Å². The Kier molecular flexibility index (Phi) is 3.90. The first-order valence-electron chi connectivity index (χ1n) is 4.61. The van der Waals surface area contributed by atoms with Gasteiger partial charge in [-0.25, -0.2) is 4.39 Å². The maximum atomic E-state index is 13.1. The highest BCUT2D eigenvalue weighted by molar-refractivity contribution is 5.17. The zero-order valence-electron chi connectivity index (χ0n) is 7.83. The summed E-state index contributed by atoms with van der Waals surface area (Å²) in [5, 5.41) is 9.01. The third kappa shape index (κ3) is 3.55. The molecule has 0 spiro atoms. The highest BCUT2D eigenvalue weighted by atomic mass is 19.1. The molecule has 0 aliphatic heterocycles. The Morgan fingerprint density at radius 2 is 2.08 bits per heavy atom. The summed E-state index contributed by atoms with van der Waals surface area (Å²) >= 11 is 0. The Morgan fingerprint density at radius 3 is 2.69 bits per heavy atom. The molecule has 1 aromatic rings. The first kappa shape index (κ1) is 10.2. The molecule has 2 heteroatoms. The molecule has 0 saturated heterocycles. The van der Waals surface area contributed by atoms with Crippen LogP contribution in [0.2, 0.25) is 0 Å². The summed E-state index contributed by atoms with van der Waals surface area (Å²) in [5.74, 6) is -0.145. The van der Waals surface area contributed by atoms with Gasteiger partial charge in [0.15, 0.2) is 0 Å². The smallest absolute Gasteiger partial charge is 0.126 e. The molecule has 1 aromatic carbocycles. The lowest BCUT2D eigenvalue weighted by Crippen LogP contribution is -2.00. The highest BCUT2D eigenvalue weighted by Gasteiger charge is 2.01. The molecule has 0 radical (unpaired) electrons. The van der Waals surface area contributed by atoms with Gasteiger partial charge in [0.1, 0.15) is 5.82 Å². The number of aliphatic hydroxyl groups is 1. The minimum absolute atomic E-state index is 0.145. The van der Waals surface area contributed by atoms with Crippen LogP contribution in [0.5, 0.6) is 0 Å². The van der Waals surface area contributed by atoms with Crippen molar-refractivity contribution in [3.63, 3.8) is 0 Å². The molecule has 0 bridgehead atoms. The number of aliphatic hydroxyl groups excluding tert-OH is 1. The number of hydrogen-bond acceptors (Lipinski definition) is 1. The summed E-state index contributed by atoms with van der Waals surface area (Å²) in [7, 11) is 0. The lowest BCUT2D eigenvalue weighted by Gasteiger charge is -2.04. The van der Waals surface area contributed by atoms with Crippen molar-refractivity contribution in [3.05, 3.63) is 35.6 Å². The fraction of sp³-hybridized carbons (Fsp3) is 0.455. The number of rotatable bonds is 4. The van der Waals surface area contributed by atoms with Gasteiger partial charge in [-0.15, -0.1) is 0 Å². The first-order valence-corrected chi connectivity index (χ1v) is 4.61. The van der Waals surface area contributed by atoms with Crippen molar-refractivity contribution in [1.29, 1.82) is 0 Å². The lowest BCUT2D eigenvalue weighted by atomic mass is 10.1. The SMILES string of the molecule is C[C@@H](O)CCCc1ccccc1F. The van der Waals surface area contributed by atoms with Gasteiger partial charge in [-0.05, 0) is 37.8 Å². The summed E-state index contributed by atoms with van der Waals surface area (Å²) in [6.45, 7) is 1.75. The summed E-state index contributed by atoms with van der Waals surface area (Å²) < 4.78 is 13.1. The molecular weight excluding hydrogens is 167 g/mol. The van der Waals surface area contributed by atoms with Crippen LogP contribution in [0.25, 0.3) is 0 Å². The van der Waals surface area contributed by atoms with Crippen molar-refractivity contribution in [2.75, 3.05) is 0 Å². The average molecular weight is 182 g/mol. The van der Waals surface area contributed by atoms with Crippen LogP contribution in [0.3, 0.4) is 0 Å². The Hall–Kier alpha value is -0.890. The molecule has 0 unspecified atom stereocenters. The maximum Gasteiger partial charge on any atom is 0.126 e. The van der Waals surface area contributed by atoms with E-state index in [1.165, 1.54) is 6.07 Å². The monoisotopic (exact) mass is 182 g/mol.